The van der Waals surface area contributed by atoms with Gasteiger partial charge in [0.15, 0.2) is 11.2 Å². The van der Waals surface area contributed by atoms with Crippen LogP contribution < -0.4 is 21.9 Å². The molecule has 0 radical (unpaired) electrons. The molecule has 1 fully saturated rings. The highest BCUT2D eigenvalue weighted by Crippen LogP contribution is 2.23. The van der Waals surface area contributed by atoms with Crippen molar-refractivity contribution in [1.29, 1.82) is 0 Å². The molecular formula is C24H32N6O3. The fraction of sp³-hybridized carbons (Fsp3) is 0.458. The second-order valence-electron chi connectivity index (χ2n) is 9.00. The number of aryl methyl sites for hydroxylation is 2. The third kappa shape index (κ3) is 4.45. The number of allylic oxidation sites excluding steroid dienone is 2. The molecule has 4 rings (SSSR count). The lowest BCUT2D eigenvalue weighted by Gasteiger charge is -2.31. The van der Waals surface area contributed by atoms with Gasteiger partial charge in [0.25, 0.3) is 5.56 Å². The normalized spacial score (nSPS) is 16.4. The first-order valence-electron chi connectivity index (χ1n) is 11.4. The maximum absolute atomic E-state index is 13.6. The molecule has 9 heteroatoms. The maximum atomic E-state index is 13.6. The summed E-state index contributed by atoms with van der Waals surface area (Å²) < 4.78 is 4.58. The lowest BCUT2D eigenvalue weighted by molar-refractivity contribution is 0.464. The number of para-hydroxylation sites is 1. The molecule has 0 spiro atoms. The number of hydrogen-bond acceptors (Lipinski definition) is 6. The van der Waals surface area contributed by atoms with Crippen molar-refractivity contribution in [2.45, 2.75) is 52.2 Å². The summed E-state index contributed by atoms with van der Waals surface area (Å²) in [6, 6.07) is 7.01. The average molecular weight is 453 g/mol. The fourth-order valence-corrected chi connectivity index (χ4v) is 4.39. The molecule has 1 aromatic carbocycles. The van der Waals surface area contributed by atoms with E-state index in [1.165, 1.54) is 9.13 Å². The van der Waals surface area contributed by atoms with Crippen molar-refractivity contribution >= 4 is 17.1 Å². The SMILES string of the molecule is CC(C)=CCn1c(N2CCCC(N)C2)nc2c1c(=O)n(CCc1ccccc1O)c(=O)n2C. The number of piperidine rings is 1. The van der Waals surface area contributed by atoms with E-state index in [0.29, 0.717) is 42.2 Å². The topological polar surface area (TPSA) is 111 Å². The molecule has 3 heterocycles. The van der Waals surface area contributed by atoms with Gasteiger partial charge in [-0.2, -0.15) is 4.98 Å². The van der Waals surface area contributed by atoms with Crippen LogP contribution in [0.25, 0.3) is 11.2 Å². The molecule has 3 aromatic rings. The number of anilines is 1. The van der Waals surface area contributed by atoms with E-state index in [1.807, 2.05) is 30.6 Å². The molecule has 0 aliphatic carbocycles. The van der Waals surface area contributed by atoms with Crippen LogP contribution >= 0.6 is 0 Å². The Bertz CT molecular complexity index is 1310. The van der Waals surface area contributed by atoms with Crippen LogP contribution in [-0.2, 0) is 26.6 Å². The zero-order chi connectivity index (χ0) is 23.7. The summed E-state index contributed by atoms with van der Waals surface area (Å²) >= 11 is 0. The van der Waals surface area contributed by atoms with Gasteiger partial charge in [-0.1, -0.05) is 29.8 Å². The van der Waals surface area contributed by atoms with E-state index < -0.39 is 5.69 Å². The van der Waals surface area contributed by atoms with Crippen LogP contribution in [0.1, 0.15) is 32.3 Å². The number of benzene rings is 1. The monoisotopic (exact) mass is 452 g/mol. The molecule has 9 nitrogen and oxygen atoms in total. The summed E-state index contributed by atoms with van der Waals surface area (Å²) in [6.07, 6.45) is 4.33. The lowest BCUT2D eigenvalue weighted by atomic mass is 10.1. The Morgan fingerprint density at radius 3 is 2.70 bits per heavy atom. The third-order valence-electron chi connectivity index (χ3n) is 6.23. The fourth-order valence-electron chi connectivity index (χ4n) is 4.39. The molecule has 0 bridgehead atoms. The molecule has 1 saturated heterocycles. The van der Waals surface area contributed by atoms with Gasteiger partial charge in [-0.3, -0.25) is 13.9 Å². The van der Waals surface area contributed by atoms with Crippen LogP contribution in [0.4, 0.5) is 5.95 Å². The number of nitrogens with two attached hydrogens (primary N) is 1. The minimum absolute atomic E-state index is 0.0505. The van der Waals surface area contributed by atoms with Crippen molar-refractivity contribution in [1.82, 2.24) is 18.7 Å². The molecule has 1 aliphatic heterocycles. The number of fused-ring (bicyclic) bond motifs is 1. The van der Waals surface area contributed by atoms with Gasteiger partial charge in [0.1, 0.15) is 5.75 Å². The minimum atomic E-state index is -0.420. The second kappa shape index (κ2) is 9.27. The van der Waals surface area contributed by atoms with Crippen LogP contribution in [0.3, 0.4) is 0 Å². The van der Waals surface area contributed by atoms with Gasteiger partial charge in [-0.25, -0.2) is 4.79 Å². The Balaban J connectivity index is 1.85. The van der Waals surface area contributed by atoms with Crippen molar-refractivity contribution < 1.29 is 5.11 Å². The second-order valence-corrected chi connectivity index (χ2v) is 9.00. The zero-order valence-electron chi connectivity index (χ0n) is 19.5. The smallest absolute Gasteiger partial charge is 0.332 e. The Labute approximate surface area is 192 Å². The number of nitrogens with zero attached hydrogens (tertiary/aromatic N) is 5. The van der Waals surface area contributed by atoms with Crippen LogP contribution in [-0.4, -0.2) is 42.9 Å². The van der Waals surface area contributed by atoms with Gasteiger partial charge in [0, 0.05) is 39.3 Å². The molecule has 176 valence electrons. The third-order valence-corrected chi connectivity index (χ3v) is 6.23. The molecule has 33 heavy (non-hydrogen) atoms. The summed E-state index contributed by atoms with van der Waals surface area (Å²) in [5.41, 5.74) is 8.02. The van der Waals surface area contributed by atoms with Crippen molar-refractivity contribution in [2.24, 2.45) is 12.8 Å². The van der Waals surface area contributed by atoms with Crippen molar-refractivity contribution in [3.8, 4) is 5.75 Å². The Morgan fingerprint density at radius 1 is 1.24 bits per heavy atom. The van der Waals surface area contributed by atoms with Crippen LogP contribution in [0.2, 0.25) is 0 Å². The Morgan fingerprint density at radius 2 is 2.00 bits per heavy atom. The van der Waals surface area contributed by atoms with Crippen molar-refractivity contribution in [2.75, 3.05) is 18.0 Å². The lowest BCUT2D eigenvalue weighted by Crippen LogP contribution is -2.44. The van der Waals surface area contributed by atoms with Crippen LogP contribution in [0, 0.1) is 0 Å². The predicted molar refractivity (Wildman–Crippen MR) is 130 cm³/mol. The molecule has 1 unspecified atom stereocenters. The predicted octanol–water partition coefficient (Wildman–Crippen LogP) is 1.74. The van der Waals surface area contributed by atoms with Gasteiger partial charge in [-0.15, -0.1) is 0 Å². The van der Waals surface area contributed by atoms with E-state index in [-0.39, 0.29) is 23.9 Å². The van der Waals surface area contributed by atoms with Gasteiger partial charge < -0.3 is 20.3 Å². The Kier molecular flexibility index (Phi) is 6.42. The van der Waals surface area contributed by atoms with Crippen LogP contribution in [0.15, 0.2) is 45.5 Å². The molecule has 1 aliphatic rings. The summed E-state index contributed by atoms with van der Waals surface area (Å²) in [5, 5.41) is 10.1. The summed E-state index contributed by atoms with van der Waals surface area (Å²) in [5.74, 6) is 0.823. The van der Waals surface area contributed by atoms with E-state index in [1.54, 1.807) is 25.2 Å². The molecule has 2 aromatic heterocycles. The Hall–Kier alpha value is -3.33. The number of phenols is 1. The van der Waals surface area contributed by atoms with E-state index in [0.717, 1.165) is 25.0 Å². The highest BCUT2D eigenvalue weighted by molar-refractivity contribution is 5.74. The van der Waals surface area contributed by atoms with E-state index in [9.17, 15) is 14.7 Å². The first-order chi connectivity index (χ1) is 15.8. The van der Waals surface area contributed by atoms with Gasteiger partial charge in [-0.05, 0) is 44.7 Å². The molecule has 0 saturated carbocycles. The number of rotatable bonds is 6. The summed E-state index contributed by atoms with van der Waals surface area (Å²) in [6.45, 7) is 6.13. The van der Waals surface area contributed by atoms with E-state index in [2.05, 4.69) is 4.90 Å². The van der Waals surface area contributed by atoms with Crippen molar-refractivity contribution in [3.63, 3.8) is 0 Å². The van der Waals surface area contributed by atoms with Crippen LogP contribution in [0.5, 0.6) is 5.75 Å². The summed E-state index contributed by atoms with van der Waals surface area (Å²) in [7, 11) is 1.64. The number of hydrogen-bond donors (Lipinski definition) is 2. The highest BCUT2D eigenvalue weighted by Gasteiger charge is 2.26. The number of aromatic hydroxyl groups is 1. The highest BCUT2D eigenvalue weighted by atomic mass is 16.3. The van der Waals surface area contributed by atoms with Crippen molar-refractivity contribution in [3.05, 3.63) is 62.3 Å². The first kappa shape index (κ1) is 22.8. The average Bonchev–Trinajstić information content (AvgIpc) is 3.17. The first-order valence-corrected chi connectivity index (χ1v) is 11.4. The minimum Gasteiger partial charge on any atom is -0.508 e. The molecule has 0 amide bonds. The van der Waals surface area contributed by atoms with Gasteiger partial charge in [0.05, 0.1) is 0 Å². The molecular weight excluding hydrogens is 420 g/mol. The van der Waals surface area contributed by atoms with Gasteiger partial charge >= 0.3 is 5.69 Å². The largest absolute Gasteiger partial charge is 0.508 e. The number of imidazole rings is 1. The quantitative estimate of drug-likeness (QED) is 0.551. The number of aromatic nitrogens is 4. The summed E-state index contributed by atoms with van der Waals surface area (Å²) in [4.78, 5) is 33.6. The molecule has 1 atom stereocenters. The van der Waals surface area contributed by atoms with E-state index >= 15 is 0 Å². The van der Waals surface area contributed by atoms with E-state index in [4.69, 9.17) is 10.7 Å². The zero-order valence-corrected chi connectivity index (χ0v) is 19.5. The van der Waals surface area contributed by atoms with Gasteiger partial charge in [0.2, 0.25) is 5.95 Å². The molecule has 3 N–H and O–H groups in total. The maximum Gasteiger partial charge on any atom is 0.332 e. The number of phenolic OH excluding ortho intramolecular Hbond substituents is 1. The standard InChI is InChI=1S/C24H32N6O3/c1-16(2)10-13-29-20-21(26-23(29)28-12-6-8-18(25)15-28)27(3)24(33)30(22(20)32)14-11-17-7-4-5-9-19(17)31/h4-5,7,9-10,18,31H,6,8,11-15,25H2,1-3H3.